The maximum atomic E-state index is 13.4. The summed E-state index contributed by atoms with van der Waals surface area (Å²) in [4.78, 5) is 75.2. The number of carboxylic acids is 1. The number of carbonyl (C=O) groups is 6. The third kappa shape index (κ3) is 13.4. The molecule has 0 aliphatic heterocycles. The number of amides is 5. The zero-order valence-corrected chi connectivity index (χ0v) is 25.5. The van der Waals surface area contributed by atoms with E-state index in [0.717, 1.165) is 0 Å². The third-order valence-electron chi connectivity index (χ3n) is 7.15. The Morgan fingerprint density at radius 2 is 1.43 bits per heavy atom. The zero-order valence-electron chi connectivity index (χ0n) is 25.5. The average molecular weight is 622 g/mol. The molecule has 0 aromatic heterocycles. The van der Waals surface area contributed by atoms with E-state index < -0.39 is 71.6 Å². The number of primary amides is 1. The molecule has 1 rings (SSSR count). The largest absolute Gasteiger partial charge is 0.508 e. The number of nitrogens with one attached hydrogen (secondary N) is 4. The molecule has 0 saturated heterocycles. The minimum Gasteiger partial charge on any atom is -0.508 e. The van der Waals surface area contributed by atoms with Gasteiger partial charge in [-0.05, 0) is 69.2 Å². The highest BCUT2D eigenvalue weighted by atomic mass is 16.4. The molecule has 0 heterocycles. The Balaban J connectivity index is 2.96. The monoisotopic (exact) mass is 621 g/mol. The average Bonchev–Trinajstić information content (AvgIpc) is 2.97. The number of aliphatic carboxylic acids is 1. The van der Waals surface area contributed by atoms with Gasteiger partial charge in [0.15, 0.2) is 0 Å². The van der Waals surface area contributed by atoms with Crippen LogP contribution in [0.5, 0.6) is 5.75 Å². The van der Waals surface area contributed by atoms with Crippen molar-refractivity contribution < 1.29 is 39.0 Å². The second kappa shape index (κ2) is 19.1. The van der Waals surface area contributed by atoms with Crippen molar-refractivity contribution in [1.29, 1.82) is 0 Å². The molecule has 0 fully saturated rings. The van der Waals surface area contributed by atoms with Crippen LogP contribution in [0, 0.1) is 5.92 Å². The molecule has 1 aromatic rings. The van der Waals surface area contributed by atoms with Crippen LogP contribution in [0.15, 0.2) is 24.3 Å². The first-order valence-corrected chi connectivity index (χ1v) is 14.7. The lowest BCUT2D eigenvalue weighted by molar-refractivity contribution is -0.142. The molecule has 0 spiro atoms. The number of unbranched alkanes of at least 4 members (excludes halogenated alkanes) is 1. The number of rotatable bonds is 20. The number of hydrogen-bond donors (Lipinski definition) is 9. The molecule has 6 unspecified atom stereocenters. The second-order valence-electron chi connectivity index (χ2n) is 10.8. The molecule has 0 radical (unpaired) electrons. The van der Waals surface area contributed by atoms with Crippen molar-refractivity contribution in [3.8, 4) is 5.75 Å². The number of hydrogen-bond acceptors (Lipinski definition) is 9. The number of carbonyl (C=O) groups excluding carboxylic acids is 5. The van der Waals surface area contributed by atoms with Gasteiger partial charge in [-0.3, -0.25) is 24.0 Å². The van der Waals surface area contributed by atoms with Gasteiger partial charge in [-0.25, -0.2) is 4.79 Å². The summed E-state index contributed by atoms with van der Waals surface area (Å²) in [5.74, 6) is -5.19. The Morgan fingerprint density at radius 3 is 1.98 bits per heavy atom. The van der Waals surface area contributed by atoms with Crippen molar-refractivity contribution in [2.24, 2.45) is 23.1 Å². The summed E-state index contributed by atoms with van der Waals surface area (Å²) in [5, 5.41) is 29.0. The van der Waals surface area contributed by atoms with Gasteiger partial charge in [-0.15, -0.1) is 0 Å². The summed E-state index contributed by atoms with van der Waals surface area (Å²) in [6.45, 7) is 5.28. The maximum absolute atomic E-state index is 13.4. The highest BCUT2D eigenvalue weighted by Gasteiger charge is 2.33. The SMILES string of the molecule is CCC(C)C(NC(=O)C(C)NC(=O)C(N)Cc1ccc(O)cc1)C(=O)NC(CCC(N)=O)C(=O)NC(CCCCN)C(=O)O. The van der Waals surface area contributed by atoms with Gasteiger partial charge in [0, 0.05) is 6.42 Å². The molecule has 15 heteroatoms. The Morgan fingerprint density at radius 1 is 0.818 bits per heavy atom. The van der Waals surface area contributed by atoms with Gasteiger partial charge in [0.05, 0.1) is 6.04 Å². The van der Waals surface area contributed by atoms with Crippen LogP contribution < -0.4 is 38.5 Å². The predicted octanol–water partition coefficient (Wildman–Crippen LogP) is -1.25. The van der Waals surface area contributed by atoms with Crippen LogP contribution in [0.1, 0.15) is 64.9 Å². The molecule has 0 aliphatic carbocycles. The minimum atomic E-state index is -1.31. The fraction of sp³-hybridized carbons (Fsp3) is 0.586. The van der Waals surface area contributed by atoms with Gasteiger partial charge in [0.1, 0.15) is 29.9 Å². The number of nitrogens with two attached hydrogens (primary N) is 3. The molecular formula is C29H47N7O8. The molecule has 0 saturated carbocycles. The van der Waals surface area contributed by atoms with Gasteiger partial charge in [-0.2, -0.15) is 0 Å². The molecule has 44 heavy (non-hydrogen) atoms. The second-order valence-corrected chi connectivity index (χ2v) is 10.8. The first-order valence-electron chi connectivity index (χ1n) is 14.7. The number of phenolic OH excluding ortho intramolecular Hbond substituents is 1. The van der Waals surface area contributed by atoms with E-state index in [1.54, 1.807) is 26.0 Å². The topological polar surface area (TPSA) is 269 Å². The van der Waals surface area contributed by atoms with Crippen molar-refractivity contribution in [1.82, 2.24) is 21.3 Å². The van der Waals surface area contributed by atoms with Crippen LogP contribution >= 0.6 is 0 Å². The van der Waals surface area contributed by atoms with Crippen molar-refractivity contribution in [3.05, 3.63) is 29.8 Å². The normalized spacial score (nSPS) is 15.0. The Bertz CT molecular complexity index is 1130. The lowest BCUT2D eigenvalue weighted by Crippen LogP contribution is -2.59. The van der Waals surface area contributed by atoms with Gasteiger partial charge in [0.25, 0.3) is 0 Å². The Labute approximate surface area is 257 Å². The maximum Gasteiger partial charge on any atom is 0.326 e. The van der Waals surface area contributed by atoms with E-state index in [1.807, 2.05) is 0 Å². The number of aromatic hydroxyl groups is 1. The summed E-state index contributed by atoms with van der Waals surface area (Å²) in [6, 6.07) is 0.411. The predicted molar refractivity (Wildman–Crippen MR) is 162 cm³/mol. The van der Waals surface area contributed by atoms with Crippen LogP contribution in [0.2, 0.25) is 0 Å². The summed E-state index contributed by atoms with van der Waals surface area (Å²) in [7, 11) is 0. The minimum absolute atomic E-state index is 0.0690. The van der Waals surface area contributed by atoms with Crippen LogP contribution in [0.4, 0.5) is 0 Å². The highest BCUT2D eigenvalue weighted by Crippen LogP contribution is 2.12. The van der Waals surface area contributed by atoms with E-state index in [-0.39, 0.29) is 31.4 Å². The zero-order chi connectivity index (χ0) is 33.4. The summed E-state index contributed by atoms with van der Waals surface area (Å²) in [6.07, 6.45) is 1.26. The highest BCUT2D eigenvalue weighted by molar-refractivity contribution is 5.95. The molecule has 15 nitrogen and oxygen atoms in total. The molecule has 5 amide bonds. The Kier molecular flexibility index (Phi) is 16.4. The molecule has 0 aliphatic rings. The first-order chi connectivity index (χ1) is 20.7. The lowest BCUT2D eigenvalue weighted by atomic mass is 9.97. The molecule has 0 bridgehead atoms. The Hall–Kier alpha value is -4.24. The smallest absolute Gasteiger partial charge is 0.326 e. The molecular weight excluding hydrogens is 574 g/mol. The first kappa shape index (κ1) is 37.8. The van der Waals surface area contributed by atoms with E-state index in [2.05, 4.69) is 21.3 Å². The fourth-order valence-corrected chi connectivity index (χ4v) is 4.18. The molecule has 1 aromatic carbocycles. The summed E-state index contributed by atoms with van der Waals surface area (Å²) >= 11 is 0. The van der Waals surface area contributed by atoms with Gasteiger partial charge >= 0.3 is 5.97 Å². The summed E-state index contributed by atoms with van der Waals surface area (Å²) in [5.41, 5.74) is 17.4. The van der Waals surface area contributed by atoms with Crippen molar-refractivity contribution in [2.75, 3.05) is 6.54 Å². The van der Waals surface area contributed by atoms with E-state index >= 15 is 0 Å². The summed E-state index contributed by atoms with van der Waals surface area (Å²) < 4.78 is 0. The van der Waals surface area contributed by atoms with Crippen LogP contribution in [0.25, 0.3) is 0 Å². The van der Waals surface area contributed by atoms with Crippen LogP contribution in [0.3, 0.4) is 0 Å². The van der Waals surface area contributed by atoms with Gasteiger partial charge < -0.3 is 48.7 Å². The van der Waals surface area contributed by atoms with Gasteiger partial charge in [-0.1, -0.05) is 32.4 Å². The van der Waals surface area contributed by atoms with Crippen LogP contribution in [-0.2, 0) is 35.2 Å². The lowest BCUT2D eigenvalue weighted by Gasteiger charge is -2.28. The fourth-order valence-electron chi connectivity index (χ4n) is 4.18. The molecule has 246 valence electrons. The molecule has 6 atom stereocenters. The van der Waals surface area contributed by atoms with E-state index in [1.165, 1.54) is 19.1 Å². The van der Waals surface area contributed by atoms with E-state index in [0.29, 0.717) is 31.4 Å². The number of benzene rings is 1. The molecule has 12 N–H and O–H groups in total. The number of carboxylic acid groups (broad SMARTS) is 1. The van der Waals surface area contributed by atoms with Crippen molar-refractivity contribution in [3.63, 3.8) is 0 Å². The van der Waals surface area contributed by atoms with Crippen LogP contribution in [-0.4, -0.2) is 82.5 Å². The standard InChI is InChI=1S/C29H47N7O8/c1-4-16(2)24(36-25(39)17(3)33-26(40)20(31)15-18-8-10-19(37)11-9-18)28(42)34-21(12-13-23(32)38)27(41)35-22(29(43)44)7-5-6-14-30/h8-11,16-17,20-22,24,37H,4-7,12-15,30-31H2,1-3H3,(H2,32,38)(H,33,40)(H,34,42)(H,35,41)(H,36,39)(H,43,44). The van der Waals surface area contributed by atoms with Crippen molar-refractivity contribution in [2.45, 2.75) is 95.9 Å². The van der Waals surface area contributed by atoms with Gasteiger partial charge in [0.2, 0.25) is 29.5 Å². The quantitative estimate of drug-likeness (QED) is 0.0780. The van der Waals surface area contributed by atoms with Crippen molar-refractivity contribution >= 4 is 35.5 Å². The van der Waals surface area contributed by atoms with E-state index in [4.69, 9.17) is 17.2 Å². The van der Waals surface area contributed by atoms with E-state index in [9.17, 15) is 39.0 Å². The third-order valence-corrected chi connectivity index (χ3v) is 7.15. The number of phenols is 1.